The Hall–Kier alpha value is -3.02. The molecule has 6 heteroatoms. The van der Waals surface area contributed by atoms with Crippen LogP contribution in [0.1, 0.15) is 16.1 Å². The zero-order valence-corrected chi connectivity index (χ0v) is 13.2. The molecule has 0 atom stereocenters. The molecule has 2 heterocycles. The molecule has 3 rings (SSSR count). The first kappa shape index (κ1) is 14.9. The van der Waals surface area contributed by atoms with Gasteiger partial charge >= 0.3 is 0 Å². The summed E-state index contributed by atoms with van der Waals surface area (Å²) < 4.78 is 12.2. The summed E-state index contributed by atoms with van der Waals surface area (Å²) >= 11 is 0. The lowest BCUT2D eigenvalue weighted by Crippen LogP contribution is -2.12. The van der Waals surface area contributed by atoms with Gasteiger partial charge in [0, 0.05) is 24.0 Å². The highest BCUT2D eigenvalue weighted by Gasteiger charge is 2.11. The highest BCUT2D eigenvalue weighted by molar-refractivity contribution is 6.04. The molecule has 1 aromatic carbocycles. The topological polar surface area (TPSA) is 64.9 Å². The molecule has 0 radical (unpaired) electrons. The third-order valence-electron chi connectivity index (χ3n) is 3.44. The number of hydrogen-bond donors (Lipinski definition) is 1. The second-order valence-electron chi connectivity index (χ2n) is 5.12. The minimum Gasteiger partial charge on any atom is -0.497 e. The number of benzene rings is 1. The zero-order chi connectivity index (χ0) is 16.4. The van der Waals surface area contributed by atoms with E-state index in [2.05, 4.69) is 10.3 Å². The first-order valence-electron chi connectivity index (χ1n) is 7.09. The number of methoxy groups -OCH3 is 2. The molecule has 0 unspecified atom stereocenters. The number of nitrogens with zero attached hydrogens (tertiary/aromatic N) is 2. The number of carbonyl (C=O) groups is 1. The van der Waals surface area contributed by atoms with Gasteiger partial charge in [0.2, 0.25) is 0 Å². The van der Waals surface area contributed by atoms with Crippen LogP contribution in [0.3, 0.4) is 0 Å². The molecule has 0 bridgehead atoms. The summed E-state index contributed by atoms with van der Waals surface area (Å²) in [6.07, 6.45) is 3.73. The average molecular weight is 311 g/mol. The number of nitrogens with one attached hydrogen (secondary N) is 1. The molecule has 0 saturated carbocycles. The van der Waals surface area contributed by atoms with Crippen LogP contribution < -0.4 is 14.8 Å². The maximum Gasteiger partial charge on any atom is 0.255 e. The summed E-state index contributed by atoms with van der Waals surface area (Å²) in [7, 11) is 3.09. The van der Waals surface area contributed by atoms with Gasteiger partial charge in [0.05, 0.1) is 25.6 Å². The van der Waals surface area contributed by atoms with Crippen molar-refractivity contribution >= 4 is 17.2 Å². The molecule has 23 heavy (non-hydrogen) atoms. The Kier molecular flexibility index (Phi) is 3.89. The van der Waals surface area contributed by atoms with E-state index in [1.54, 1.807) is 32.4 Å². The predicted octanol–water partition coefficient (Wildman–Crippen LogP) is 2.91. The van der Waals surface area contributed by atoms with E-state index in [0.717, 1.165) is 11.3 Å². The zero-order valence-electron chi connectivity index (χ0n) is 13.2. The van der Waals surface area contributed by atoms with Crippen molar-refractivity contribution in [3.8, 4) is 11.5 Å². The second-order valence-corrected chi connectivity index (χ2v) is 5.12. The van der Waals surface area contributed by atoms with Gasteiger partial charge < -0.3 is 19.2 Å². The molecule has 118 valence electrons. The summed E-state index contributed by atoms with van der Waals surface area (Å²) in [5, 5.41) is 2.86. The highest BCUT2D eigenvalue weighted by Crippen LogP contribution is 2.23. The van der Waals surface area contributed by atoms with Crippen LogP contribution in [0.15, 0.2) is 42.7 Å². The van der Waals surface area contributed by atoms with Crippen molar-refractivity contribution in [2.45, 2.75) is 6.92 Å². The third-order valence-corrected chi connectivity index (χ3v) is 3.44. The summed E-state index contributed by atoms with van der Waals surface area (Å²) in [6.45, 7) is 1.92. The van der Waals surface area contributed by atoms with Crippen molar-refractivity contribution in [1.29, 1.82) is 0 Å². The number of imidazole rings is 1. The Balaban J connectivity index is 1.87. The molecule has 6 nitrogen and oxygen atoms in total. The Labute approximate surface area is 133 Å². The van der Waals surface area contributed by atoms with Crippen molar-refractivity contribution < 1.29 is 14.3 Å². The lowest BCUT2D eigenvalue weighted by Gasteiger charge is -2.09. The maximum atomic E-state index is 12.4. The molecule has 0 saturated heterocycles. The van der Waals surface area contributed by atoms with Gasteiger partial charge in [-0.1, -0.05) is 0 Å². The van der Waals surface area contributed by atoms with Gasteiger partial charge in [0.25, 0.3) is 5.91 Å². The van der Waals surface area contributed by atoms with E-state index in [1.807, 2.05) is 35.9 Å². The molecule has 0 fully saturated rings. The molecule has 0 spiro atoms. The van der Waals surface area contributed by atoms with Crippen LogP contribution in [-0.4, -0.2) is 29.5 Å². The van der Waals surface area contributed by atoms with Crippen LogP contribution in [0.25, 0.3) is 5.65 Å². The summed E-state index contributed by atoms with van der Waals surface area (Å²) in [5.41, 5.74) is 2.90. The van der Waals surface area contributed by atoms with Gasteiger partial charge in [-0.15, -0.1) is 0 Å². The second kappa shape index (κ2) is 6.00. The fourth-order valence-corrected chi connectivity index (χ4v) is 2.33. The monoisotopic (exact) mass is 311 g/mol. The van der Waals surface area contributed by atoms with Crippen LogP contribution in [0.2, 0.25) is 0 Å². The number of ether oxygens (including phenoxy) is 2. The summed E-state index contributed by atoms with van der Waals surface area (Å²) in [6, 6.07) is 8.72. The van der Waals surface area contributed by atoms with Crippen LogP contribution in [0.4, 0.5) is 5.69 Å². The lowest BCUT2D eigenvalue weighted by atomic mass is 10.2. The van der Waals surface area contributed by atoms with E-state index in [1.165, 1.54) is 0 Å². The van der Waals surface area contributed by atoms with E-state index < -0.39 is 0 Å². The normalized spacial score (nSPS) is 10.6. The number of fused-ring (bicyclic) bond motifs is 1. The van der Waals surface area contributed by atoms with E-state index in [4.69, 9.17) is 9.47 Å². The number of amides is 1. The van der Waals surface area contributed by atoms with Gasteiger partial charge in [-0.05, 0) is 31.2 Å². The van der Waals surface area contributed by atoms with Crippen molar-refractivity contribution in [2.24, 2.45) is 0 Å². The number of anilines is 1. The van der Waals surface area contributed by atoms with Gasteiger partial charge in [0.1, 0.15) is 17.1 Å². The fourth-order valence-electron chi connectivity index (χ4n) is 2.33. The van der Waals surface area contributed by atoms with Crippen LogP contribution >= 0.6 is 0 Å². The minimum absolute atomic E-state index is 0.238. The Morgan fingerprint density at radius 1 is 1.09 bits per heavy atom. The molecular formula is C17H17N3O3. The van der Waals surface area contributed by atoms with Gasteiger partial charge in [-0.25, -0.2) is 4.98 Å². The highest BCUT2D eigenvalue weighted by atomic mass is 16.5. The maximum absolute atomic E-state index is 12.4. The Bertz CT molecular complexity index is 848. The quantitative estimate of drug-likeness (QED) is 0.804. The molecule has 0 aliphatic heterocycles. The standard InChI is InChI=1S/C17H17N3O3/c1-11-9-20-10-13(4-5-16(20)18-11)19-17(21)12-6-14(22-2)8-15(7-12)23-3/h4-10H,1-3H3,(H,19,21). The van der Waals surface area contributed by atoms with Crippen molar-refractivity contribution in [2.75, 3.05) is 19.5 Å². The number of aromatic nitrogens is 2. The van der Waals surface area contributed by atoms with E-state index in [9.17, 15) is 4.79 Å². The summed E-state index contributed by atoms with van der Waals surface area (Å²) in [4.78, 5) is 16.8. The number of carbonyl (C=O) groups excluding carboxylic acids is 1. The average Bonchev–Trinajstić information content (AvgIpc) is 2.93. The Morgan fingerprint density at radius 2 is 1.78 bits per heavy atom. The van der Waals surface area contributed by atoms with Crippen molar-refractivity contribution in [3.05, 3.63) is 54.0 Å². The number of aryl methyl sites for hydroxylation is 1. The SMILES string of the molecule is COc1cc(OC)cc(C(=O)Nc2ccc3nc(C)cn3c2)c1. The molecule has 1 amide bonds. The number of rotatable bonds is 4. The molecule has 3 aromatic rings. The van der Waals surface area contributed by atoms with Crippen LogP contribution in [-0.2, 0) is 0 Å². The smallest absolute Gasteiger partial charge is 0.255 e. The van der Waals surface area contributed by atoms with Gasteiger partial charge in [0.15, 0.2) is 0 Å². The van der Waals surface area contributed by atoms with Crippen LogP contribution in [0.5, 0.6) is 11.5 Å². The lowest BCUT2D eigenvalue weighted by molar-refractivity contribution is 0.102. The molecule has 1 N–H and O–H groups in total. The molecular weight excluding hydrogens is 294 g/mol. The van der Waals surface area contributed by atoms with E-state index >= 15 is 0 Å². The van der Waals surface area contributed by atoms with Crippen molar-refractivity contribution in [1.82, 2.24) is 9.38 Å². The fraction of sp³-hybridized carbons (Fsp3) is 0.176. The first-order valence-corrected chi connectivity index (χ1v) is 7.09. The van der Waals surface area contributed by atoms with E-state index in [-0.39, 0.29) is 5.91 Å². The van der Waals surface area contributed by atoms with Gasteiger partial charge in [-0.3, -0.25) is 4.79 Å². The number of hydrogen-bond acceptors (Lipinski definition) is 4. The third kappa shape index (κ3) is 3.11. The number of pyridine rings is 1. The minimum atomic E-state index is -0.238. The molecule has 0 aliphatic carbocycles. The largest absolute Gasteiger partial charge is 0.497 e. The molecule has 2 aromatic heterocycles. The van der Waals surface area contributed by atoms with Crippen molar-refractivity contribution in [3.63, 3.8) is 0 Å². The summed E-state index contributed by atoms with van der Waals surface area (Å²) in [5.74, 6) is 0.892. The first-order chi connectivity index (χ1) is 11.1. The van der Waals surface area contributed by atoms with Crippen LogP contribution in [0, 0.1) is 6.92 Å². The Morgan fingerprint density at radius 3 is 2.43 bits per heavy atom. The van der Waals surface area contributed by atoms with E-state index in [0.29, 0.717) is 22.7 Å². The van der Waals surface area contributed by atoms with Gasteiger partial charge in [-0.2, -0.15) is 0 Å². The molecule has 0 aliphatic rings. The predicted molar refractivity (Wildman–Crippen MR) is 87.4 cm³/mol.